The van der Waals surface area contributed by atoms with Crippen molar-refractivity contribution in [1.82, 2.24) is 9.78 Å². The van der Waals surface area contributed by atoms with Crippen molar-refractivity contribution in [1.29, 1.82) is 0 Å². The zero-order valence-electron chi connectivity index (χ0n) is 12.6. The molecule has 0 aliphatic heterocycles. The molecule has 0 radical (unpaired) electrons. The number of Topliss-reactive ketones (excluding diaryl/α,β-unsaturated/α-hetero) is 1. The average Bonchev–Trinajstić information content (AvgIpc) is 2.97. The second kappa shape index (κ2) is 6.39. The van der Waals surface area contributed by atoms with Crippen molar-refractivity contribution in [2.75, 3.05) is 0 Å². The predicted octanol–water partition coefficient (Wildman–Crippen LogP) is 3.73. The topological polar surface area (TPSA) is 34.9 Å². The third kappa shape index (κ3) is 3.50. The summed E-state index contributed by atoms with van der Waals surface area (Å²) >= 11 is 0. The van der Waals surface area contributed by atoms with E-state index >= 15 is 0 Å². The van der Waals surface area contributed by atoms with Crippen molar-refractivity contribution >= 4 is 5.78 Å². The Bertz CT molecular complexity index is 758. The molecule has 0 spiro atoms. The number of aromatic nitrogens is 2. The van der Waals surface area contributed by atoms with Gasteiger partial charge in [0.05, 0.1) is 12.7 Å². The van der Waals surface area contributed by atoms with Crippen LogP contribution in [-0.2, 0) is 17.8 Å². The van der Waals surface area contributed by atoms with Crippen LogP contribution in [0.4, 0.5) is 0 Å². The van der Waals surface area contributed by atoms with Crippen LogP contribution in [0.1, 0.15) is 18.1 Å². The summed E-state index contributed by atoms with van der Waals surface area (Å²) in [5.74, 6) is 0.184. The van der Waals surface area contributed by atoms with E-state index in [0.29, 0.717) is 6.42 Å². The minimum Gasteiger partial charge on any atom is -0.300 e. The Hall–Kier alpha value is -2.68. The monoisotopic (exact) mass is 290 g/mol. The lowest BCUT2D eigenvalue weighted by molar-refractivity contribution is -0.116. The Labute approximate surface area is 130 Å². The smallest absolute Gasteiger partial charge is 0.134 e. The molecule has 0 atom stereocenters. The maximum absolute atomic E-state index is 11.1. The molecule has 0 bridgehead atoms. The van der Waals surface area contributed by atoms with Gasteiger partial charge in [-0.2, -0.15) is 5.10 Å². The van der Waals surface area contributed by atoms with Crippen LogP contribution < -0.4 is 0 Å². The molecule has 3 nitrogen and oxygen atoms in total. The molecular weight excluding hydrogens is 272 g/mol. The molecule has 2 aromatic carbocycles. The Morgan fingerprint density at radius 2 is 1.68 bits per heavy atom. The molecule has 0 N–H and O–H groups in total. The summed E-state index contributed by atoms with van der Waals surface area (Å²) in [6, 6.07) is 18.4. The number of rotatable bonds is 5. The third-order valence-electron chi connectivity index (χ3n) is 3.56. The number of benzene rings is 2. The van der Waals surface area contributed by atoms with Gasteiger partial charge >= 0.3 is 0 Å². The first-order valence-electron chi connectivity index (χ1n) is 7.36. The van der Waals surface area contributed by atoms with Gasteiger partial charge in [-0.05, 0) is 23.6 Å². The minimum atomic E-state index is 0.184. The maximum atomic E-state index is 11.1. The number of hydrogen-bond donors (Lipinski definition) is 0. The Morgan fingerprint density at radius 3 is 2.36 bits per heavy atom. The van der Waals surface area contributed by atoms with Gasteiger partial charge in [0.2, 0.25) is 0 Å². The predicted molar refractivity (Wildman–Crippen MR) is 87.6 cm³/mol. The van der Waals surface area contributed by atoms with E-state index in [1.807, 2.05) is 59.5 Å². The lowest BCUT2D eigenvalue weighted by Gasteiger charge is -2.02. The molecule has 3 aromatic rings. The van der Waals surface area contributed by atoms with Gasteiger partial charge in [-0.15, -0.1) is 0 Å². The molecule has 1 aromatic heterocycles. The van der Waals surface area contributed by atoms with E-state index in [0.717, 1.165) is 23.2 Å². The largest absolute Gasteiger partial charge is 0.300 e. The first-order valence-corrected chi connectivity index (χ1v) is 7.36. The van der Waals surface area contributed by atoms with Gasteiger partial charge in [-0.25, -0.2) is 0 Å². The van der Waals surface area contributed by atoms with Gasteiger partial charge in [-0.3, -0.25) is 9.48 Å². The first kappa shape index (κ1) is 14.3. The second-order valence-corrected chi connectivity index (χ2v) is 5.49. The van der Waals surface area contributed by atoms with Crippen molar-refractivity contribution in [3.05, 3.63) is 78.1 Å². The molecule has 0 unspecified atom stereocenters. The normalized spacial score (nSPS) is 10.6. The fourth-order valence-corrected chi connectivity index (χ4v) is 2.47. The van der Waals surface area contributed by atoms with Crippen molar-refractivity contribution in [3.8, 4) is 11.1 Å². The Balaban J connectivity index is 1.74. The Morgan fingerprint density at radius 1 is 0.955 bits per heavy atom. The van der Waals surface area contributed by atoms with Crippen molar-refractivity contribution < 1.29 is 4.79 Å². The zero-order chi connectivity index (χ0) is 15.4. The molecule has 3 heteroatoms. The summed E-state index contributed by atoms with van der Waals surface area (Å²) in [6.45, 7) is 2.38. The average molecular weight is 290 g/mol. The fraction of sp³-hybridized carbons (Fsp3) is 0.158. The van der Waals surface area contributed by atoms with E-state index < -0.39 is 0 Å². The molecule has 0 saturated heterocycles. The maximum Gasteiger partial charge on any atom is 0.134 e. The van der Waals surface area contributed by atoms with Gasteiger partial charge in [0.25, 0.3) is 0 Å². The summed E-state index contributed by atoms with van der Waals surface area (Å²) in [4.78, 5) is 11.1. The van der Waals surface area contributed by atoms with E-state index in [4.69, 9.17) is 0 Å². The molecule has 1 heterocycles. The number of ketones is 1. The van der Waals surface area contributed by atoms with Gasteiger partial charge in [0.15, 0.2) is 0 Å². The van der Waals surface area contributed by atoms with E-state index in [9.17, 15) is 4.79 Å². The molecular formula is C19H18N2O. The highest BCUT2D eigenvalue weighted by atomic mass is 16.1. The molecule has 110 valence electrons. The van der Waals surface area contributed by atoms with E-state index in [-0.39, 0.29) is 5.78 Å². The molecule has 22 heavy (non-hydrogen) atoms. The highest BCUT2D eigenvalue weighted by molar-refractivity contribution is 5.78. The summed E-state index contributed by atoms with van der Waals surface area (Å²) < 4.78 is 1.94. The Kier molecular flexibility index (Phi) is 4.15. The fourth-order valence-electron chi connectivity index (χ4n) is 2.47. The van der Waals surface area contributed by atoms with Crippen LogP contribution in [0.3, 0.4) is 0 Å². The van der Waals surface area contributed by atoms with E-state index in [2.05, 4.69) is 17.2 Å². The quantitative estimate of drug-likeness (QED) is 0.717. The van der Waals surface area contributed by atoms with Gasteiger partial charge in [0, 0.05) is 18.2 Å². The minimum absolute atomic E-state index is 0.184. The SMILES string of the molecule is CC(=O)Cc1ccc(-c2cnn(Cc3ccccc3)c2)cc1. The van der Waals surface area contributed by atoms with Crippen LogP contribution in [0.5, 0.6) is 0 Å². The number of carbonyl (C=O) groups is 1. The molecule has 3 rings (SSSR count). The first-order chi connectivity index (χ1) is 10.7. The summed E-state index contributed by atoms with van der Waals surface area (Å²) in [5.41, 5.74) is 4.49. The molecule has 0 amide bonds. The van der Waals surface area contributed by atoms with Crippen molar-refractivity contribution in [2.24, 2.45) is 0 Å². The van der Waals surface area contributed by atoms with E-state index in [1.54, 1.807) is 6.92 Å². The lowest BCUT2D eigenvalue weighted by Crippen LogP contribution is -1.99. The molecule has 0 fully saturated rings. The van der Waals surface area contributed by atoms with Gasteiger partial charge in [0.1, 0.15) is 5.78 Å². The number of carbonyl (C=O) groups excluding carboxylic acids is 1. The van der Waals surface area contributed by atoms with Gasteiger partial charge in [-0.1, -0.05) is 54.6 Å². The second-order valence-electron chi connectivity index (χ2n) is 5.49. The van der Waals surface area contributed by atoms with Gasteiger partial charge < -0.3 is 0 Å². The van der Waals surface area contributed by atoms with Crippen molar-refractivity contribution in [2.45, 2.75) is 19.9 Å². The zero-order valence-corrected chi connectivity index (χ0v) is 12.6. The molecule has 0 aliphatic carbocycles. The van der Waals surface area contributed by atoms with Crippen LogP contribution in [-0.4, -0.2) is 15.6 Å². The summed E-state index contributed by atoms with van der Waals surface area (Å²) in [5, 5.41) is 4.42. The highest BCUT2D eigenvalue weighted by Gasteiger charge is 2.04. The molecule has 0 aliphatic rings. The van der Waals surface area contributed by atoms with Crippen LogP contribution in [0.2, 0.25) is 0 Å². The number of hydrogen-bond acceptors (Lipinski definition) is 2. The number of nitrogens with zero attached hydrogens (tertiary/aromatic N) is 2. The van der Waals surface area contributed by atoms with E-state index in [1.165, 1.54) is 5.56 Å². The summed E-state index contributed by atoms with van der Waals surface area (Å²) in [7, 11) is 0. The van der Waals surface area contributed by atoms with Crippen LogP contribution in [0.25, 0.3) is 11.1 Å². The van der Waals surface area contributed by atoms with Crippen LogP contribution in [0.15, 0.2) is 67.0 Å². The van der Waals surface area contributed by atoms with Crippen LogP contribution >= 0.6 is 0 Å². The highest BCUT2D eigenvalue weighted by Crippen LogP contribution is 2.19. The summed E-state index contributed by atoms with van der Waals surface area (Å²) in [6.07, 6.45) is 4.42. The lowest BCUT2D eigenvalue weighted by atomic mass is 10.0. The van der Waals surface area contributed by atoms with Crippen LogP contribution in [0, 0.1) is 0 Å². The van der Waals surface area contributed by atoms with Crippen molar-refractivity contribution in [3.63, 3.8) is 0 Å². The third-order valence-corrected chi connectivity index (χ3v) is 3.56. The molecule has 0 saturated carbocycles. The standard InChI is InChI=1S/C19H18N2O/c1-15(22)11-16-7-9-18(10-8-16)19-12-20-21(14-19)13-17-5-3-2-4-6-17/h2-10,12,14H,11,13H2,1H3.